The molecular weight excluding hydrogens is 466 g/mol. The molecule has 0 atom stereocenters. The number of hydrogen-bond donors (Lipinski definition) is 2. The number of nitro benzene ring substituents is 1. The maximum atomic E-state index is 12.1. The van der Waals surface area contributed by atoms with Gasteiger partial charge in [-0.2, -0.15) is 0 Å². The number of benzene rings is 3. The summed E-state index contributed by atoms with van der Waals surface area (Å²) in [5.74, 6) is -0.418. The number of rotatable bonds is 10. The second kappa shape index (κ2) is 12.1. The molecule has 0 bridgehead atoms. The summed E-state index contributed by atoms with van der Waals surface area (Å²) in [6, 6.07) is 18.7. The van der Waals surface area contributed by atoms with Crippen LogP contribution in [-0.4, -0.2) is 29.3 Å². The molecule has 0 heterocycles. The molecule has 0 aliphatic carbocycles. The van der Waals surface area contributed by atoms with Crippen molar-refractivity contribution in [2.45, 2.75) is 26.7 Å². The van der Waals surface area contributed by atoms with Crippen LogP contribution in [0.3, 0.4) is 0 Å². The smallest absolute Gasteiger partial charge is 0.306 e. The molecule has 0 aromatic heterocycles. The van der Waals surface area contributed by atoms with Crippen LogP contribution in [0, 0.1) is 24.0 Å². The molecule has 186 valence electrons. The lowest BCUT2D eigenvalue weighted by molar-refractivity contribution is -0.385. The minimum Gasteiger partial charge on any atom is -0.457 e. The second-order valence-corrected chi connectivity index (χ2v) is 7.91. The predicted octanol–water partition coefficient (Wildman–Crippen LogP) is 4.90. The minimum absolute atomic E-state index is 0.133. The molecular formula is C26H25N3O7. The fraction of sp³-hybridized carbons (Fsp3) is 0.192. The van der Waals surface area contributed by atoms with Crippen molar-refractivity contribution in [1.29, 1.82) is 0 Å². The number of ether oxygens (including phenoxy) is 2. The molecule has 36 heavy (non-hydrogen) atoms. The molecule has 0 saturated heterocycles. The van der Waals surface area contributed by atoms with E-state index in [4.69, 9.17) is 9.47 Å². The van der Waals surface area contributed by atoms with Gasteiger partial charge >= 0.3 is 5.97 Å². The number of carbonyl (C=O) groups is 3. The van der Waals surface area contributed by atoms with Crippen molar-refractivity contribution in [2.75, 3.05) is 17.2 Å². The van der Waals surface area contributed by atoms with Crippen LogP contribution in [0.25, 0.3) is 0 Å². The van der Waals surface area contributed by atoms with Gasteiger partial charge in [-0.15, -0.1) is 0 Å². The Hall–Kier alpha value is -4.73. The Morgan fingerprint density at radius 2 is 1.50 bits per heavy atom. The summed E-state index contributed by atoms with van der Waals surface area (Å²) in [7, 11) is 0. The van der Waals surface area contributed by atoms with Gasteiger partial charge in [-0.1, -0.05) is 24.3 Å². The van der Waals surface area contributed by atoms with Gasteiger partial charge in [-0.25, -0.2) is 0 Å². The summed E-state index contributed by atoms with van der Waals surface area (Å²) in [6.45, 7) is 2.95. The lowest BCUT2D eigenvalue weighted by Crippen LogP contribution is -2.21. The van der Waals surface area contributed by atoms with E-state index in [0.717, 1.165) is 11.3 Å². The number of anilines is 2. The highest BCUT2D eigenvalue weighted by atomic mass is 16.6. The fourth-order valence-electron chi connectivity index (χ4n) is 3.14. The third kappa shape index (κ3) is 7.66. The van der Waals surface area contributed by atoms with Crippen molar-refractivity contribution in [3.63, 3.8) is 0 Å². The molecule has 0 unspecified atom stereocenters. The van der Waals surface area contributed by atoms with E-state index in [2.05, 4.69) is 10.6 Å². The van der Waals surface area contributed by atoms with E-state index in [0.29, 0.717) is 17.0 Å². The summed E-state index contributed by atoms with van der Waals surface area (Å²) in [5, 5.41) is 16.1. The minimum atomic E-state index is -0.725. The Balaban J connectivity index is 1.39. The molecule has 3 aromatic carbocycles. The monoisotopic (exact) mass is 491 g/mol. The highest BCUT2D eigenvalue weighted by molar-refractivity contribution is 5.94. The highest BCUT2D eigenvalue weighted by Gasteiger charge is 2.14. The van der Waals surface area contributed by atoms with Crippen LogP contribution in [0.1, 0.15) is 24.0 Å². The van der Waals surface area contributed by atoms with Crippen molar-refractivity contribution < 1.29 is 28.8 Å². The van der Waals surface area contributed by atoms with Gasteiger partial charge < -0.3 is 20.1 Å². The second-order valence-electron chi connectivity index (χ2n) is 7.91. The first-order chi connectivity index (χ1) is 17.2. The Labute approximate surface area is 207 Å². The summed E-state index contributed by atoms with van der Waals surface area (Å²) in [6.07, 6.45) is -0.352. The van der Waals surface area contributed by atoms with E-state index in [9.17, 15) is 24.5 Å². The molecule has 0 saturated carbocycles. The van der Waals surface area contributed by atoms with E-state index in [1.54, 1.807) is 31.2 Å². The summed E-state index contributed by atoms with van der Waals surface area (Å²) < 4.78 is 10.7. The largest absolute Gasteiger partial charge is 0.457 e. The van der Waals surface area contributed by atoms with Crippen LogP contribution in [0.15, 0.2) is 66.7 Å². The first-order valence-corrected chi connectivity index (χ1v) is 11.0. The number of amides is 2. The molecule has 0 aliphatic heterocycles. The Morgan fingerprint density at radius 3 is 2.19 bits per heavy atom. The van der Waals surface area contributed by atoms with E-state index in [-0.39, 0.29) is 24.2 Å². The number of para-hydroxylation sites is 1. The van der Waals surface area contributed by atoms with Crippen LogP contribution in [0.5, 0.6) is 11.5 Å². The van der Waals surface area contributed by atoms with Gasteiger partial charge in [0.2, 0.25) is 5.91 Å². The van der Waals surface area contributed by atoms with Crippen molar-refractivity contribution >= 4 is 34.8 Å². The molecule has 10 heteroatoms. The van der Waals surface area contributed by atoms with Crippen molar-refractivity contribution in [3.8, 4) is 11.5 Å². The molecule has 3 rings (SSSR count). The summed E-state index contributed by atoms with van der Waals surface area (Å²) >= 11 is 0. The molecule has 0 aliphatic rings. The predicted molar refractivity (Wildman–Crippen MR) is 133 cm³/mol. The number of hydrogen-bond acceptors (Lipinski definition) is 7. The van der Waals surface area contributed by atoms with E-state index < -0.39 is 29.3 Å². The third-order valence-corrected chi connectivity index (χ3v) is 5.07. The SMILES string of the molecule is Cc1ccccc1Oc1ccc(NC(=O)CCC(=O)OCC(=O)Nc2ccc(C)c([N+](=O)[O-])c2)cc1. The van der Waals surface area contributed by atoms with Crippen LogP contribution in [-0.2, 0) is 19.1 Å². The first kappa shape index (κ1) is 25.9. The zero-order valence-electron chi connectivity index (χ0n) is 19.8. The maximum absolute atomic E-state index is 12.1. The average Bonchev–Trinajstić information content (AvgIpc) is 2.85. The average molecular weight is 492 g/mol. The number of nitro groups is 1. The van der Waals surface area contributed by atoms with Gasteiger partial charge in [0.05, 0.1) is 11.3 Å². The molecule has 3 aromatic rings. The normalized spacial score (nSPS) is 10.3. The van der Waals surface area contributed by atoms with E-state index in [1.165, 1.54) is 18.2 Å². The number of aryl methyl sites for hydroxylation is 2. The quantitative estimate of drug-likeness (QED) is 0.234. The number of carbonyl (C=O) groups excluding carboxylic acids is 3. The molecule has 0 spiro atoms. The molecule has 2 N–H and O–H groups in total. The topological polar surface area (TPSA) is 137 Å². The summed E-state index contributed by atoms with van der Waals surface area (Å²) in [5.41, 5.74) is 2.07. The molecule has 0 fully saturated rings. The van der Waals surface area contributed by atoms with Gasteiger partial charge in [0, 0.05) is 29.4 Å². The van der Waals surface area contributed by atoms with Gasteiger partial charge in [-0.05, 0) is 55.8 Å². The van der Waals surface area contributed by atoms with Crippen LogP contribution < -0.4 is 15.4 Å². The van der Waals surface area contributed by atoms with E-state index >= 15 is 0 Å². The standard InChI is InChI=1S/C26H25N3O7/c1-17-7-8-20(15-22(17)29(33)34)28-25(31)16-35-26(32)14-13-24(30)27-19-9-11-21(12-10-19)36-23-6-4-3-5-18(23)2/h3-12,15H,13-14,16H2,1-2H3,(H,27,30)(H,28,31). The van der Waals surface area contributed by atoms with Crippen molar-refractivity contribution in [2.24, 2.45) is 0 Å². The Kier molecular flexibility index (Phi) is 8.71. The van der Waals surface area contributed by atoms with Crippen molar-refractivity contribution in [3.05, 3.63) is 88.0 Å². The molecule has 2 amide bonds. The highest BCUT2D eigenvalue weighted by Crippen LogP contribution is 2.26. The van der Waals surface area contributed by atoms with Gasteiger partial charge in [0.15, 0.2) is 6.61 Å². The number of nitrogens with one attached hydrogen (secondary N) is 2. The van der Waals surface area contributed by atoms with Gasteiger partial charge in [0.25, 0.3) is 11.6 Å². The number of nitrogens with zero attached hydrogens (tertiary/aromatic N) is 1. The van der Waals surface area contributed by atoms with E-state index in [1.807, 2.05) is 31.2 Å². The zero-order chi connectivity index (χ0) is 26.1. The summed E-state index contributed by atoms with van der Waals surface area (Å²) in [4.78, 5) is 46.5. The van der Waals surface area contributed by atoms with Crippen LogP contribution >= 0.6 is 0 Å². The first-order valence-electron chi connectivity index (χ1n) is 11.0. The molecule has 0 radical (unpaired) electrons. The lowest BCUT2D eigenvalue weighted by atomic mass is 10.2. The van der Waals surface area contributed by atoms with Crippen molar-refractivity contribution in [1.82, 2.24) is 0 Å². The lowest BCUT2D eigenvalue weighted by Gasteiger charge is -2.10. The fourth-order valence-corrected chi connectivity index (χ4v) is 3.14. The maximum Gasteiger partial charge on any atom is 0.306 e. The van der Waals surface area contributed by atoms with Crippen LogP contribution in [0.2, 0.25) is 0 Å². The van der Waals surface area contributed by atoms with Gasteiger partial charge in [0.1, 0.15) is 11.5 Å². The van der Waals surface area contributed by atoms with Gasteiger partial charge in [-0.3, -0.25) is 24.5 Å². The number of esters is 1. The third-order valence-electron chi connectivity index (χ3n) is 5.07. The van der Waals surface area contributed by atoms with Crippen LogP contribution in [0.4, 0.5) is 17.1 Å². The molecule has 10 nitrogen and oxygen atoms in total. The zero-order valence-corrected chi connectivity index (χ0v) is 19.8. The Bertz CT molecular complexity index is 1270. The Morgan fingerprint density at radius 1 is 0.833 bits per heavy atom.